The van der Waals surface area contributed by atoms with Gasteiger partial charge < -0.3 is 10.7 Å². The van der Waals surface area contributed by atoms with E-state index in [1.165, 1.54) is 16.7 Å². The van der Waals surface area contributed by atoms with Crippen molar-refractivity contribution in [1.82, 2.24) is 4.98 Å². The molecular formula is C17H17N2. The second-order valence-corrected chi connectivity index (χ2v) is 5.03. The molecular weight excluding hydrogens is 232 g/mol. The Morgan fingerprint density at radius 3 is 2.53 bits per heavy atom. The summed E-state index contributed by atoms with van der Waals surface area (Å²) in [6, 6.07) is 14.5. The quantitative estimate of drug-likeness (QED) is 0.651. The first-order chi connectivity index (χ1) is 9.15. The lowest BCUT2D eigenvalue weighted by molar-refractivity contribution is 0.965. The van der Waals surface area contributed by atoms with Gasteiger partial charge in [-0.2, -0.15) is 0 Å². The summed E-state index contributed by atoms with van der Waals surface area (Å²) < 4.78 is 0. The standard InChI is InChI=1S/C17H17N2/c1-11(2)12-3-5-13(6-4-12)16-10-19-17-8-7-14(18)9-15(16)17/h3-11,19H,1,18H2,2H3. The molecule has 1 heterocycles. The largest absolute Gasteiger partial charge is 0.399 e. The van der Waals surface area contributed by atoms with Gasteiger partial charge in [0.05, 0.1) is 0 Å². The molecule has 1 unspecified atom stereocenters. The molecule has 3 aromatic rings. The summed E-state index contributed by atoms with van der Waals surface area (Å²) in [6.45, 7) is 6.14. The van der Waals surface area contributed by atoms with Crippen molar-refractivity contribution in [2.24, 2.45) is 0 Å². The number of nitrogens with two attached hydrogens (primary N) is 1. The van der Waals surface area contributed by atoms with Crippen molar-refractivity contribution in [1.29, 1.82) is 0 Å². The molecule has 95 valence electrons. The van der Waals surface area contributed by atoms with Gasteiger partial charge in [-0.3, -0.25) is 0 Å². The molecule has 0 fully saturated rings. The molecule has 19 heavy (non-hydrogen) atoms. The molecule has 0 saturated carbocycles. The maximum atomic E-state index is 5.87. The number of fused-ring (bicyclic) bond motifs is 1. The number of rotatable bonds is 2. The van der Waals surface area contributed by atoms with Crippen LogP contribution in [0.2, 0.25) is 0 Å². The summed E-state index contributed by atoms with van der Waals surface area (Å²) in [5.41, 5.74) is 11.4. The van der Waals surface area contributed by atoms with Crippen LogP contribution in [0.15, 0.2) is 48.7 Å². The highest BCUT2D eigenvalue weighted by atomic mass is 14.7. The van der Waals surface area contributed by atoms with Gasteiger partial charge in [0.2, 0.25) is 0 Å². The van der Waals surface area contributed by atoms with Gasteiger partial charge in [0.15, 0.2) is 0 Å². The lowest BCUT2D eigenvalue weighted by Gasteiger charge is -2.06. The van der Waals surface area contributed by atoms with E-state index in [0.717, 1.165) is 16.6 Å². The Morgan fingerprint density at radius 2 is 1.84 bits per heavy atom. The molecule has 0 spiro atoms. The molecule has 1 radical (unpaired) electrons. The maximum Gasteiger partial charge on any atom is 0.0461 e. The van der Waals surface area contributed by atoms with Crippen LogP contribution in [0.3, 0.4) is 0 Å². The van der Waals surface area contributed by atoms with E-state index in [2.05, 4.69) is 43.1 Å². The number of benzene rings is 2. The van der Waals surface area contributed by atoms with Crippen molar-refractivity contribution in [2.75, 3.05) is 5.73 Å². The monoisotopic (exact) mass is 249 g/mol. The zero-order chi connectivity index (χ0) is 13.4. The average molecular weight is 249 g/mol. The molecule has 0 aliphatic carbocycles. The van der Waals surface area contributed by atoms with Gasteiger partial charge in [-0.15, -0.1) is 0 Å². The second kappa shape index (κ2) is 4.47. The molecule has 2 heteroatoms. The molecule has 0 bridgehead atoms. The number of nitrogens with one attached hydrogen (secondary N) is 1. The van der Waals surface area contributed by atoms with Gasteiger partial charge >= 0.3 is 0 Å². The zero-order valence-corrected chi connectivity index (χ0v) is 11.0. The molecule has 1 atom stereocenters. The fraction of sp³-hybridized carbons (Fsp3) is 0.118. The first kappa shape index (κ1) is 11.8. The van der Waals surface area contributed by atoms with E-state index in [-0.39, 0.29) is 0 Å². The predicted octanol–water partition coefficient (Wildman–Crippen LogP) is 4.35. The Morgan fingerprint density at radius 1 is 1.11 bits per heavy atom. The summed E-state index contributed by atoms with van der Waals surface area (Å²) in [7, 11) is 0. The minimum Gasteiger partial charge on any atom is -0.399 e. The third-order valence-electron chi connectivity index (χ3n) is 3.50. The van der Waals surface area contributed by atoms with Crippen molar-refractivity contribution < 1.29 is 0 Å². The fourth-order valence-corrected chi connectivity index (χ4v) is 2.37. The minimum atomic E-state index is 0.313. The number of hydrogen-bond acceptors (Lipinski definition) is 1. The Hall–Kier alpha value is -2.22. The maximum absolute atomic E-state index is 5.87. The average Bonchev–Trinajstić information content (AvgIpc) is 2.81. The van der Waals surface area contributed by atoms with E-state index >= 15 is 0 Å². The molecule has 2 nitrogen and oxygen atoms in total. The van der Waals surface area contributed by atoms with E-state index in [4.69, 9.17) is 5.73 Å². The van der Waals surface area contributed by atoms with Crippen LogP contribution < -0.4 is 5.73 Å². The molecule has 0 aliphatic heterocycles. The molecule has 2 aromatic carbocycles. The van der Waals surface area contributed by atoms with Crippen LogP contribution in [-0.2, 0) is 0 Å². The predicted molar refractivity (Wildman–Crippen MR) is 81.9 cm³/mol. The highest BCUT2D eigenvalue weighted by molar-refractivity contribution is 5.97. The van der Waals surface area contributed by atoms with Crippen LogP contribution in [0.4, 0.5) is 5.69 Å². The number of H-pyrrole nitrogens is 1. The third-order valence-corrected chi connectivity index (χ3v) is 3.50. The van der Waals surface area contributed by atoms with Gasteiger partial charge in [-0.1, -0.05) is 31.2 Å². The molecule has 0 saturated heterocycles. The van der Waals surface area contributed by atoms with Crippen molar-refractivity contribution >= 4 is 16.6 Å². The zero-order valence-electron chi connectivity index (χ0n) is 11.0. The van der Waals surface area contributed by atoms with Crippen LogP contribution >= 0.6 is 0 Å². The van der Waals surface area contributed by atoms with Crippen LogP contribution in [0.1, 0.15) is 18.4 Å². The van der Waals surface area contributed by atoms with Crippen molar-refractivity contribution in [3.63, 3.8) is 0 Å². The summed E-state index contributed by atoms with van der Waals surface area (Å²) in [5.74, 6) is 0.313. The summed E-state index contributed by atoms with van der Waals surface area (Å²) in [4.78, 5) is 3.28. The van der Waals surface area contributed by atoms with Crippen LogP contribution in [0, 0.1) is 6.92 Å². The second-order valence-electron chi connectivity index (χ2n) is 5.03. The fourth-order valence-electron chi connectivity index (χ4n) is 2.37. The van der Waals surface area contributed by atoms with Gasteiger partial charge in [0, 0.05) is 28.4 Å². The third kappa shape index (κ3) is 2.10. The van der Waals surface area contributed by atoms with Gasteiger partial charge in [-0.05, 0) is 42.2 Å². The lowest BCUT2D eigenvalue weighted by Crippen LogP contribution is -1.87. The van der Waals surface area contributed by atoms with Crippen molar-refractivity contribution in [2.45, 2.75) is 12.8 Å². The molecule has 0 amide bonds. The van der Waals surface area contributed by atoms with Crippen molar-refractivity contribution in [3.05, 3.63) is 61.1 Å². The molecule has 0 aliphatic rings. The lowest BCUT2D eigenvalue weighted by atomic mass is 9.98. The first-order valence-corrected chi connectivity index (χ1v) is 6.45. The number of nitrogen functional groups attached to an aromatic ring is 1. The Kier molecular flexibility index (Phi) is 2.79. The van der Waals surface area contributed by atoms with Gasteiger partial charge in [0.25, 0.3) is 0 Å². The molecule has 3 N–H and O–H groups in total. The van der Waals surface area contributed by atoms with E-state index in [9.17, 15) is 0 Å². The highest BCUT2D eigenvalue weighted by Gasteiger charge is 2.07. The normalized spacial score (nSPS) is 11.3. The van der Waals surface area contributed by atoms with Gasteiger partial charge in [0.1, 0.15) is 0 Å². The van der Waals surface area contributed by atoms with Crippen LogP contribution in [-0.4, -0.2) is 4.98 Å². The topological polar surface area (TPSA) is 41.8 Å². The van der Waals surface area contributed by atoms with E-state index in [1.54, 1.807) is 0 Å². The molecule has 3 rings (SSSR count). The van der Waals surface area contributed by atoms with Gasteiger partial charge in [-0.25, -0.2) is 0 Å². The van der Waals surface area contributed by atoms with E-state index < -0.39 is 0 Å². The van der Waals surface area contributed by atoms with E-state index in [1.807, 2.05) is 24.4 Å². The van der Waals surface area contributed by atoms with Crippen LogP contribution in [0.25, 0.3) is 22.0 Å². The molecule has 1 aromatic heterocycles. The van der Waals surface area contributed by atoms with Crippen molar-refractivity contribution in [3.8, 4) is 11.1 Å². The number of aromatic amines is 1. The Bertz CT molecular complexity index is 706. The summed E-state index contributed by atoms with van der Waals surface area (Å²) >= 11 is 0. The van der Waals surface area contributed by atoms with Crippen LogP contribution in [0.5, 0.6) is 0 Å². The Balaban J connectivity index is 2.11. The first-order valence-electron chi connectivity index (χ1n) is 6.45. The summed E-state index contributed by atoms with van der Waals surface area (Å²) in [5, 5.41) is 1.16. The number of hydrogen-bond donors (Lipinski definition) is 2. The van der Waals surface area contributed by atoms with E-state index in [0.29, 0.717) is 5.92 Å². The Labute approximate surface area is 113 Å². The SMILES string of the molecule is [CH2]C(C)c1ccc(-c2c[nH]c3ccc(N)cc23)cc1. The minimum absolute atomic E-state index is 0.313. The smallest absolute Gasteiger partial charge is 0.0461 e. The number of aromatic nitrogens is 1. The highest BCUT2D eigenvalue weighted by Crippen LogP contribution is 2.30. The summed E-state index contributed by atoms with van der Waals surface area (Å²) in [6.07, 6.45) is 2.03. The number of anilines is 1.